The zero-order chi connectivity index (χ0) is 48.3. The first-order valence-electron chi connectivity index (χ1n) is 22.8. The smallest absolute Gasteiger partial charge is 0.407 e. The van der Waals surface area contributed by atoms with E-state index in [1.165, 1.54) is 23.5 Å². The van der Waals surface area contributed by atoms with Gasteiger partial charge in [-0.1, -0.05) is 39.8 Å². The lowest BCUT2D eigenvalue weighted by Crippen LogP contribution is -2.51. The molecule has 3 aliphatic rings. The number of alkyl carbamates (subject to hydrolysis) is 1. The minimum absolute atomic E-state index is 0.0340. The van der Waals surface area contributed by atoms with Gasteiger partial charge in [-0.3, -0.25) is 4.79 Å². The number of carbonyl (C=O) groups is 3. The van der Waals surface area contributed by atoms with E-state index in [2.05, 4.69) is 24.5 Å². The summed E-state index contributed by atoms with van der Waals surface area (Å²) in [5.74, 6) is -1.24. The average Bonchev–Trinajstić information content (AvgIpc) is 3.94. The SMILES string of the molecule is COc1ccc(S(=O)(=O)N(CC(C)C)C[C@@H](O)[C@H](Cc2ccc(C(=O)NCCOc3ccc(-c4sc5c(c4C(=O)O)CC(C)(C)CC5)c(C)c3)cc2)NC(=O)O[C@H]2CO[C@@]3(C)OCC[C@@H]23)cc1. The van der Waals surface area contributed by atoms with Crippen LogP contribution in [0.5, 0.6) is 11.5 Å². The van der Waals surface area contributed by atoms with Crippen molar-refractivity contribution < 1.29 is 56.7 Å². The van der Waals surface area contributed by atoms with E-state index in [9.17, 15) is 33.0 Å². The van der Waals surface area contributed by atoms with Crippen molar-refractivity contribution >= 4 is 39.3 Å². The summed E-state index contributed by atoms with van der Waals surface area (Å²) in [7, 11) is -2.59. The zero-order valence-corrected chi connectivity index (χ0v) is 40.9. The Balaban J connectivity index is 0.984. The molecule has 2 saturated heterocycles. The molecule has 5 atom stereocenters. The summed E-state index contributed by atoms with van der Waals surface area (Å²) in [5, 5.41) is 27.7. The van der Waals surface area contributed by atoms with Gasteiger partial charge in [0.2, 0.25) is 10.0 Å². The number of ether oxygens (including phenoxy) is 5. The first-order valence-corrected chi connectivity index (χ1v) is 25.1. The summed E-state index contributed by atoms with van der Waals surface area (Å²) in [5.41, 5.74) is 4.21. The van der Waals surface area contributed by atoms with Gasteiger partial charge in [-0.05, 0) is 134 Å². The van der Waals surface area contributed by atoms with Gasteiger partial charge in [0.1, 0.15) is 24.2 Å². The van der Waals surface area contributed by atoms with Crippen LogP contribution < -0.4 is 20.1 Å². The summed E-state index contributed by atoms with van der Waals surface area (Å²) in [6, 6.07) is 17.3. The van der Waals surface area contributed by atoms with Crippen molar-refractivity contribution in [3.05, 3.63) is 99.4 Å². The Morgan fingerprint density at radius 2 is 1.70 bits per heavy atom. The highest BCUT2D eigenvalue weighted by molar-refractivity contribution is 7.89. The Hall–Kier alpha value is -5.04. The van der Waals surface area contributed by atoms with E-state index < -0.39 is 46.1 Å². The summed E-state index contributed by atoms with van der Waals surface area (Å²) in [4.78, 5) is 41.2. The lowest BCUT2D eigenvalue weighted by atomic mass is 9.76. The molecule has 1 aromatic heterocycles. The number of thiophene rings is 1. The number of benzene rings is 3. The number of aryl methyl sites for hydroxylation is 2. The van der Waals surface area contributed by atoms with E-state index in [0.29, 0.717) is 41.2 Å². The van der Waals surface area contributed by atoms with E-state index in [1.54, 1.807) is 47.7 Å². The van der Waals surface area contributed by atoms with E-state index >= 15 is 0 Å². The predicted octanol–water partition coefficient (Wildman–Crippen LogP) is 7.25. The van der Waals surface area contributed by atoms with Crippen LogP contribution >= 0.6 is 11.3 Å². The van der Waals surface area contributed by atoms with Gasteiger partial charge < -0.3 is 44.5 Å². The van der Waals surface area contributed by atoms with Crippen molar-refractivity contribution in [1.82, 2.24) is 14.9 Å². The van der Waals surface area contributed by atoms with Crippen LogP contribution in [0.3, 0.4) is 0 Å². The number of carboxylic acids is 1. The lowest BCUT2D eigenvalue weighted by Gasteiger charge is -2.31. The van der Waals surface area contributed by atoms with Crippen molar-refractivity contribution in [1.29, 1.82) is 0 Å². The molecule has 2 amide bonds. The summed E-state index contributed by atoms with van der Waals surface area (Å²) < 4.78 is 57.8. The molecule has 3 heterocycles. The molecule has 7 rings (SSSR count). The maximum atomic E-state index is 14.0. The van der Waals surface area contributed by atoms with Crippen molar-refractivity contribution in [3.8, 4) is 21.9 Å². The third-order valence-corrected chi connectivity index (χ3v) is 16.1. The van der Waals surface area contributed by atoms with Crippen molar-refractivity contribution in [2.45, 2.75) is 103 Å². The van der Waals surface area contributed by atoms with E-state index in [0.717, 1.165) is 45.7 Å². The fourth-order valence-electron chi connectivity index (χ4n) is 9.23. The van der Waals surface area contributed by atoms with Gasteiger partial charge in [0.15, 0.2) is 5.79 Å². The molecule has 2 aliphatic heterocycles. The largest absolute Gasteiger partial charge is 0.497 e. The molecule has 4 N–H and O–H groups in total. The molecule has 2 fully saturated rings. The Bertz CT molecular complexity index is 2530. The number of nitrogens with one attached hydrogen (secondary N) is 2. The highest BCUT2D eigenvalue weighted by atomic mass is 32.2. The molecule has 362 valence electrons. The Kier molecular flexibility index (Phi) is 15.4. The third-order valence-electron chi connectivity index (χ3n) is 12.9. The van der Waals surface area contributed by atoms with Gasteiger partial charge >= 0.3 is 12.1 Å². The molecule has 15 nitrogen and oxygen atoms in total. The highest BCUT2D eigenvalue weighted by Gasteiger charge is 2.53. The molecule has 17 heteroatoms. The van der Waals surface area contributed by atoms with Crippen LogP contribution in [0.1, 0.15) is 89.7 Å². The van der Waals surface area contributed by atoms with Gasteiger partial charge in [-0.2, -0.15) is 4.31 Å². The number of hydrogen-bond donors (Lipinski definition) is 4. The van der Waals surface area contributed by atoms with Crippen LogP contribution in [0.2, 0.25) is 0 Å². The van der Waals surface area contributed by atoms with Crippen LogP contribution in [0.15, 0.2) is 71.6 Å². The number of nitrogens with zero attached hydrogens (tertiary/aromatic N) is 1. The number of amides is 2. The maximum Gasteiger partial charge on any atom is 0.407 e. The second kappa shape index (κ2) is 20.7. The minimum atomic E-state index is -4.08. The number of methoxy groups -OCH3 is 1. The van der Waals surface area contributed by atoms with Crippen molar-refractivity contribution in [2.75, 3.05) is 46.6 Å². The van der Waals surface area contributed by atoms with Crippen LogP contribution in [0, 0.1) is 24.2 Å². The lowest BCUT2D eigenvalue weighted by molar-refractivity contribution is -0.181. The number of aliphatic hydroxyl groups excluding tert-OH is 1. The topological polar surface area (TPSA) is 199 Å². The van der Waals surface area contributed by atoms with Gasteiger partial charge in [0.05, 0.1) is 55.4 Å². The first kappa shape index (κ1) is 49.9. The highest BCUT2D eigenvalue weighted by Crippen LogP contribution is 2.46. The van der Waals surface area contributed by atoms with E-state index in [1.807, 2.05) is 45.9 Å². The number of rotatable bonds is 19. The van der Waals surface area contributed by atoms with Gasteiger partial charge in [0, 0.05) is 28.4 Å². The molecule has 0 unspecified atom stereocenters. The second-order valence-electron chi connectivity index (χ2n) is 19.1. The number of aliphatic hydroxyl groups is 1. The molecule has 4 aromatic rings. The number of hydrogen-bond acceptors (Lipinski definition) is 12. The monoisotopic (exact) mass is 961 g/mol. The normalized spacial score (nSPS) is 20.7. The summed E-state index contributed by atoms with van der Waals surface area (Å²) in [6.45, 7) is 12.7. The standard InChI is InChI=1S/C50H63N3O12S2/c1-30(2)27-53(67(59,60)36-15-12-34(61-7)13-16-36)28-41(54)40(52-48(58)65-42-29-64-50(6)39(42)19-22-63-50)25-32-8-10-33(11-9-32)46(55)51-21-23-62-35-14-17-37(31(3)24-35)45-44(47(56)57)38-26-49(4,5)20-18-43(38)66-45/h8-17,24,30,39-42,54H,18-23,25-29H2,1-7H3,(H,51,55)(H,52,58)(H,56,57)/t39-,40-,41+,42-,50+/m0/s1. The molecular formula is C50H63N3O12S2. The van der Waals surface area contributed by atoms with Gasteiger partial charge in [-0.15, -0.1) is 11.3 Å². The molecule has 67 heavy (non-hydrogen) atoms. The third kappa shape index (κ3) is 11.6. The van der Waals surface area contributed by atoms with Crippen LogP contribution in [-0.2, 0) is 43.5 Å². The van der Waals surface area contributed by atoms with Gasteiger partial charge in [0.25, 0.3) is 5.91 Å². The quantitative estimate of drug-likeness (QED) is 0.0688. The van der Waals surface area contributed by atoms with E-state index in [-0.39, 0.29) is 67.3 Å². The van der Waals surface area contributed by atoms with Crippen molar-refractivity contribution in [3.63, 3.8) is 0 Å². The molecule has 0 bridgehead atoms. The number of carboxylic acid groups (broad SMARTS) is 1. The molecule has 0 radical (unpaired) electrons. The van der Waals surface area contributed by atoms with E-state index in [4.69, 9.17) is 23.7 Å². The fraction of sp³-hybridized carbons (Fsp3) is 0.500. The molecule has 0 spiro atoms. The van der Waals surface area contributed by atoms with Crippen LogP contribution in [0.4, 0.5) is 4.79 Å². The summed E-state index contributed by atoms with van der Waals surface area (Å²) >= 11 is 1.57. The summed E-state index contributed by atoms with van der Waals surface area (Å²) in [6.07, 6.45) is 0.633. The number of aromatic carboxylic acids is 1. The molecular weight excluding hydrogens is 899 g/mol. The number of carbonyl (C=O) groups excluding carboxylic acids is 2. The van der Waals surface area contributed by atoms with Crippen molar-refractivity contribution in [2.24, 2.45) is 17.3 Å². The maximum absolute atomic E-state index is 14.0. The Morgan fingerprint density at radius 1 is 0.985 bits per heavy atom. The average molecular weight is 962 g/mol. The molecule has 3 aromatic carbocycles. The molecule has 1 aliphatic carbocycles. The van der Waals surface area contributed by atoms with Crippen LogP contribution in [0.25, 0.3) is 10.4 Å². The zero-order valence-electron chi connectivity index (χ0n) is 39.3. The Morgan fingerprint density at radius 3 is 2.37 bits per heavy atom. The second-order valence-corrected chi connectivity index (χ2v) is 22.1. The fourth-order valence-corrected chi connectivity index (χ4v) is 12.2. The van der Waals surface area contributed by atoms with Gasteiger partial charge in [-0.25, -0.2) is 18.0 Å². The first-order chi connectivity index (χ1) is 31.8. The number of sulfonamides is 1. The predicted molar refractivity (Wildman–Crippen MR) is 253 cm³/mol. The molecule has 0 saturated carbocycles. The minimum Gasteiger partial charge on any atom is -0.497 e. The Labute approximate surface area is 397 Å². The number of fused-ring (bicyclic) bond motifs is 2. The van der Waals surface area contributed by atoms with Crippen LogP contribution in [-0.4, -0.2) is 112 Å².